The molecule has 5 heteroatoms. The number of thioether (sulfide) groups is 1. The molecule has 0 spiro atoms. The highest BCUT2D eigenvalue weighted by atomic mass is 32.2. The van der Waals surface area contributed by atoms with Gasteiger partial charge in [-0.15, -0.1) is 11.8 Å². The summed E-state index contributed by atoms with van der Waals surface area (Å²) >= 11 is 1.52. The van der Waals surface area contributed by atoms with E-state index in [9.17, 15) is 4.79 Å². The van der Waals surface area contributed by atoms with Gasteiger partial charge in [-0.2, -0.15) is 0 Å². The second-order valence-corrected chi connectivity index (χ2v) is 6.31. The Morgan fingerprint density at radius 3 is 2.83 bits per heavy atom. The molecule has 0 saturated carbocycles. The van der Waals surface area contributed by atoms with E-state index < -0.39 is 0 Å². The molecule has 1 aliphatic rings. The summed E-state index contributed by atoms with van der Waals surface area (Å²) in [6.07, 6.45) is 0.802. The highest BCUT2D eigenvalue weighted by molar-refractivity contribution is 8.00. The summed E-state index contributed by atoms with van der Waals surface area (Å²) in [5.74, 6) is 2.11. The number of ether oxygens (including phenoxy) is 2. The number of para-hydroxylation sites is 1. The molecule has 0 aliphatic carbocycles. The third-order valence-corrected chi connectivity index (χ3v) is 4.74. The van der Waals surface area contributed by atoms with Crippen LogP contribution in [0.3, 0.4) is 0 Å². The first kappa shape index (κ1) is 15.7. The Labute approximate surface area is 140 Å². The Balaban J connectivity index is 1.55. The van der Waals surface area contributed by atoms with E-state index in [0.29, 0.717) is 12.4 Å². The van der Waals surface area contributed by atoms with Gasteiger partial charge in [-0.3, -0.25) is 4.79 Å². The lowest BCUT2D eigenvalue weighted by atomic mass is 10.0. The van der Waals surface area contributed by atoms with E-state index in [1.165, 1.54) is 11.8 Å². The van der Waals surface area contributed by atoms with Crippen molar-refractivity contribution in [2.24, 2.45) is 0 Å². The molecule has 0 bridgehead atoms. The van der Waals surface area contributed by atoms with E-state index in [0.717, 1.165) is 28.4 Å². The number of hydrogen-bond donors (Lipinski definition) is 1. The van der Waals surface area contributed by atoms with Gasteiger partial charge in [0.1, 0.15) is 11.5 Å². The average molecular weight is 329 g/mol. The molecule has 4 nitrogen and oxygen atoms in total. The van der Waals surface area contributed by atoms with Crippen molar-refractivity contribution < 1.29 is 14.3 Å². The third-order valence-electron chi connectivity index (χ3n) is 3.72. The number of carbonyl (C=O) groups is 1. The van der Waals surface area contributed by atoms with Gasteiger partial charge >= 0.3 is 0 Å². The minimum atomic E-state index is 0.0314. The molecule has 3 rings (SSSR count). The molecule has 0 radical (unpaired) electrons. The number of fused-ring (bicyclic) bond motifs is 1. The topological polar surface area (TPSA) is 47.6 Å². The second kappa shape index (κ2) is 7.42. The number of amides is 1. The molecule has 120 valence electrons. The van der Waals surface area contributed by atoms with Gasteiger partial charge in [0.25, 0.3) is 0 Å². The summed E-state index contributed by atoms with van der Waals surface area (Å²) in [4.78, 5) is 13.3. The van der Waals surface area contributed by atoms with E-state index in [1.807, 2.05) is 48.5 Å². The molecule has 0 unspecified atom stereocenters. The predicted octanol–water partition coefficient (Wildman–Crippen LogP) is 3.43. The van der Waals surface area contributed by atoms with Crippen molar-refractivity contribution in [3.8, 4) is 11.5 Å². The van der Waals surface area contributed by atoms with Gasteiger partial charge in [-0.05, 0) is 30.3 Å². The Morgan fingerprint density at radius 2 is 2.04 bits per heavy atom. The van der Waals surface area contributed by atoms with Crippen molar-refractivity contribution in [1.29, 1.82) is 0 Å². The van der Waals surface area contributed by atoms with Gasteiger partial charge in [0.15, 0.2) is 0 Å². The molecule has 1 amide bonds. The quantitative estimate of drug-likeness (QED) is 0.854. The summed E-state index contributed by atoms with van der Waals surface area (Å²) < 4.78 is 10.7. The lowest BCUT2D eigenvalue weighted by molar-refractivity contribution is -0.119. The van der Waals surface area contributed by atoms with Crippen molar-refractivity contribution in [2.45, 2.75) is 17.4 Å². The van der Waals surface area contributed by atoms with Crippen LogP contribution in [0.4, 0.5) is 0 Å². The van der Waals surface area contributed by atoms with E-state index in [-0.39, 0.29) is 11.9 Å². The second-order valence-electron chi connectivity index (χ2n) is 5.26. The largest absolute Gasteiger partial charge is 0.497 e. The maximum absolute atomic E-state index is 12.2. The first-order valence-electron chi connectivity index (χ1n) is 7.54. The Morgan fingerprint density at radius 1 is 1.26 bits per heavy atom. The Kier molecular flexibility index (Phi) is 5.08. The molecule has 2 aromatic carbocycles. The standard InChI is InChI=1S/C18H19NO3S/c1-21-13-6-8-14(9-7-13)23-12-18(20)19-16-10-11-22-17-5-3-2-4-15(16)17/h2-9,16H,10-12H2,1H3,(H,19,20)/t16-/m0/s1. The van der Waals surface area contributed by atoms with Gasteiger partial charge in [-0.25, -0.2) is 0 Å². The van der Waals surface area contributed by atoms with Crippen LogP contribution in [0.15, 0.2) is 53.4 Å². The van der Waals surface area contributed by atoms with Crippen LogP contribution in [0.25, 0.3) is 0 Å². The molecular weight excluding hydrogens is 310 g/mol. The zero-order valence-electron chi connectivity index (χ0n) is 13.0. The van der Waals surface area contributed by atoms with Crippen LogP contribution in [0.1, 0.15) is 18.0 Å². The molecule has 1 heterocycles. The molecule has 1 aliphatic heterocycles. The van der Waals surface area contributed by atoms with Crippen LogP contribution in [-0.4, -0.2) is 25.4 Å². The highest BCUT2D eigenvalue weighted by Crippen LogP contribution is 2.31. The van der Waals surface area contributed by atoms with E-state index >= 15 is 0 Å². The minimum absolute atomic E-state index is 0.0314. The first-order chi connectivity index (χ1) is 11.3. The van der Waals surface area contributed by atoms with E-state index in [2.05, 4.69) is 5.32 Å². The lowest BCUT2D eigenvalue weighted by Crippen LogP contribution is -2.33. The monoisotopic (exact) mass is 329 g/mol. The summed E-state index contributed by atoms with van der Waals surface area (Å²) in [7, 11) is 1.64. The average Bonchev–Trinajstić information content (AvgIpc) is 2.61. The SMILES string of the molecule is COc1ccc(SCC(=O)N[C@H]2CCOc3ccccc32)cc1. The molecule has 1 N–H and O–H groups in total. The summed E-state index contributed by atoms with van der Waals surface area (Å²) in [5, 5.41) is 3.10. The highest BCUT2D eigenvalue weighted by Gasteiger charge is 2.22. The number of carbonyl (C=O) groups excluding carboxylic acids is 1. The Hall–Kier alpha value is -2.14. The predicted molar refractivity (Wildman–Crippen MR) is 91.2 cm³/mol. The lowest BCUT2D eigenvalue weighted by Gasteiger charge is -2.26. The fourth-order valence-electron chi connectivity index (χ4n) is 2.55. The number of rotatable bonds is 5. The maximum atomic E-state index is 12.2. The molecule has 1 atom stereocenters. The van der Waals surface area contributed by atoms with Crippen molar-refractivity contribution in [2.75, 3.05) is 19.5 Å². The third kappa shape index (κ3) is 3.99. The van der Waals surface area contributed by atoms with Gasteiger partial charge in [0.2, 0.25) is 5.91 Å². The minimum Gasteiger partial charge on any atom is -0.497 e. The zero-order chi connectivity index (χ0) is 16.1. The molecule has 2 aromatic rings. The number of hydrogen-bond acceptors (Lipinski definition) is 4. The molecule has 0 fully saturated rings. The summed E-state index contributed by atoms with van der Waals surface area (Å²) in [5.41, 5.74) is 1.06. The maximum Gasteiger partial charge on any atom is 0.230 e. The zero-order valence-corrected chi connectivity index (χ0v) is 13.8. The van der Waals surface area contributed by atoms with Gasteiger partial charge in [0.05, 0.1) is 25.5 Å². The van der Waals surface area contributed by atoms with Crippen LogP contribution in [0.5, 0.6) is 11.5 Å². The first-order valence-corrected chi connectivity index (χ1v) is 8.53. The van der Waals surface area contributed by atoms with E-state index in [1.54, 1.807) is 7.11 Å². The molecule has 0 aromatic heterocycles. The van der Waals surface area contributed by atoms with Crippen LogP contribution in [-0.2, 0) is 4.79 Å². The molecule has 23 heavy (non-hydrogen) atoms. The summed E-state index contributed by atoms with van der Waals surface area (Å²) in [6, 6.07) is 15.6. The van der Waals surface area contributed by atoms with Crippen molar-refractivity contribution in [1.82, 2.24) is 5.32 Å². The van der Waals surface area contributed by atoms with Crippen LogP contribution >= 0.6 is 11.8 Å². The number of nitrogens with one attached hydrogen (secondary N) is 1. The van der Waals surface area contributed by atoms with Crippen molar-refractivity contribution in [3.05, 3.63) is 54.1 Å². The molecule has 0 saturated heterocycles. The van der Waals surface area contributed by atoms with E-state index in [4.69, 9.17) is 9.47 Å². The number of benzene rings is 2. The van der Waals surface area contributed by atoms with Crippen molar-refractivity contribution >= 4 is 17.7 Å². The van der Waals surface area contributed by atoms with Gasteiger partial charge < -0.3 is 14.8 Å². The normalized spacial score (nSPS) is 16.1. The van der Waals surface area contributed by atoms with Crippen LogP contribution < -0.4 is 14.8 Å². The van der Waals surface area contributed by atoms with Crippen molar-refractivity contribution in [3.63, 3.8) is 0 Å². The number of methoxy groups -OCH3 is 1. The van der Waals surface area contributed by atoms with Crippen LogP contribution in [0.2, 0.25) is 0 Å². The summed E-state index contributed by atoms with van der Waals surface area (Å²) in [6.45, 7) is 0.633. The molecular formula is C18H19NO3S. The fraction of sp³-hybridized carbons (Fsp3) is 0.278. The smallest absolute Gasteiger partial charge is 0.230 e. The Bertz CT molecular complexity index is 672. The van der Waals surface area contributed by atoms with Gasteiger partial charge in [0, 0.05) is 16.9 Å². The van der Waals surface area contributed by atoms with Gasteiger partial charge in [-0.1, -0.05) is 18.2 Å². The van der Waals surface area contributed by atoms with Crippen LogP contribution in [0, 0.1) is 0 Å². The fourth-order valence-corrected chi connectivity index (χ4v) is 3.26.